The van der Waals surface area contributed by atoms with Crippen molar-refractivity contribution in [1.29, 1.82) is 5.26 Å². The SMILES string of the molecule is CC1CCC(C#N)(N(C)C(=O)C(C)N2CCCC(C)C2)CC1. The van der Waals surface area contributed by atoms with E-state index in [0.717, 1.165) is 38.8 Å². The smallest absolute Gasteiger partial charge is 0.240 e. The molecule has 1 saturated carbocycles. The lowest BCUT2D eigenvalue weighted by molar-refractivity contribution is -0.141. The van der Waals surface area contributed by atoms with Gasteiger partial charge in [-0.2, -0.15) is 5.26 Å². The molecule has 1 aliphatic heterocycles. The van der Waals surface area contributed by atoms with E-state index in [9.17, 15) is 10.1 Å². The molecule has 0 N–H and O–H groups in total. The van der Waals surface area contributed by atoms with E-state index in [1.807, 2.05) is 14.0 Å². The van der Waals surface area contributed by atoms with Crippen molar-refractivity contribution in [2.75, 3.05) is 20.1 Å². The molecule has 0 aromatic carbocycles. The largest absolute Gasteiger partial charge is 0.326 e. The summed E-state index contributed by atoms with van der Waals surface area (Å²) in [6.07, 6.45) is 6.14. The summed E-state index contributed by atoms with van der Waals surface area (Å²) < 4.78 is 0. The van der Waals surface area contributed by atoms with Crippen molar-refractivity contribution in [3.05, 3.63) is 0 Å². The van der Waals surface area contributed by atoms with Crippen molar-refractivity contribution < 1.29 is 4.79 Å². The molecular weight excluding hydrogens is 274 g/mol. The molecule has 2 aliphatic rings. The Morgan fingerprint density at radius 2 is 1.91 bits per heavy atom. The monoisotopic (exact) mass is 305 g/mol. The van der Waals surface area contributed by atoms with E-state index in [0.29, 0.717) is 11.8 Å². The number of amides is 1. The van der Waals surface area contributed by atoms with Gasteiger partial charge >= 0.3 is 0 Å². The van der Waals surface area contributed by atoms with Crippen LogP contribution in [0.4, 0.5) is 0 Å². The van der Waals surface area contributed by atoms with Crippen molar-refractivity contribution in [3.8, 4) is 6.07 Å². The Morgan fingerprint density at radius 1 is 1.27 bits per heavy atom. The van der Waals surface area contributed by atoms with Crippen molar-refractivity contribution in [2.45, 2.75) is 70.9 Å². The predicted molar refractivity (Wildman–Crippen MR) is 88.2 cm³/mol. The molecular formula is C18H31N3O. The Kier molecular flexibility index (Phi) is 5.50. The fraction of sp³-hybridized carbons (Fsp3) is 0.889. The second-order valence-electron chi connectivity index (χ2n) is 7.64. The van der Waals surface area contributed by atoms with Gasteiger partial charge in [-0.3, -0.25) is 9.69 Å². The molecule has 4 heteroatoms. The van der Waals surface area contributed by atoms with E-state index in [1.54, 1.807) is 4.90 Å². The van der Waals surface area contributed by atoms with Crippen LogP contribution in [0.5, 0.6) is 0 Å². The van der Waals surface area contributed by atoms with E-state index >= 15 is 0 Å². The highest BCUT2D eigenvalue weighted by Gasteiger charge is 2.42. The molecule has 4 nitrogen and oxygen atoms in total. The summed E-state index contributed by atoms with van der Waals surface area (Å²) in [5.74, 6) is 1.45. The second-order valence-corrected chi connectivity index (χ2v) is 7.64. The maximum atomic E-state index is 12.9. The molecule has 0 aromatic heterocycles. The Bertz CT molecular complexity index is 434. The van der Waals surface area contributed by atoms with Gasteiger partial charge in [0, 0.05) is 13.6 Å². The van der Waals surface area contributed by atoms with E-state index in [4.69, 9.17) is 0 Å². The molecule has 2 atom stereocenters. The quantitative estimate of drug-likeness (QED) is 0.805. The third-order valence-electron chi connectivity index (χ3n) is 5.88. The van der Waals surface area contributed by atoms with E-state index in [1.165, 1.54) is 12.8 Å². The minimum atomic E-state index is -0.584. The van der Waals surface area contributed by atoms with Gasteiger partial charge in [-0.05, 0) is 63.8 Å². The summed E-state index contributed by atoms with van der Waals surface area (Å²) in [7, 11) is 1.84. The standard InChI is InChI=1S/C18H31N3O/c1-14-7-9-18(13-19,10-8-14)20(4)17(22)16(3)21-11-5-6-15(2)12-21/h14-16H,5-12H2,1-4H3. The molecule has 2 unspecified atom stereocenters. The fourth-order valence-corrected chi connectivity index (χ4v) is 3.99. The van der Waals surface area contributed by atoms with Crippen LogP contribution in [0.25, 0.3) is 0 Å². The van der Waals surface area contributed by atoms with Gasteiger partial charge < -0.3 is 4.90 Å². The normalized spacial score (nSPS) is 34.7. The molecule has 0 radical (unpaired) electrons. The van der Waals surface area contributed by atoms with E-state index in [2.05, 4.69) is 24.8 Å². The Labute approximate surface area is 135 Å². The average Bonchev–Trinajstić information content (AvgIpc) is 2.54. The van der Waals surface area contributed by atoms with Gasteiger partial charge in [0.2, 0.25) is 5.91 Å². The number of rotatable bonds is 3. The highest BCUT2D eigenvalue weighted by Crippen LogP contribution is 2.36. The van der Waals surface area contributed by atoms with Crippen LogP contribution in [0.1, 0.15) is 59.3 Å². The second kappa shape index (κ2) is 7.00. The van der Waals surface area contributed by atoms with Crippen molar-refractivity contribution in [3.63, 3.8) is 0 Å². The van der Waals surface area contributed by atoms with Crippen molar-refractivity contribution in [1.82, 2.24) is 9.80 Å². The van der Waals surface area contributed by atoms with Gasteiger partial charge in [-0.25, -0.2) is 0 Å². The van der Waals surface area contributed by atoms with Gasteiger partial charge in [-0.1, -0.05) is 13.8 Å². The van der Waals surface area contributed by atoms with Crippen LogP contribution in [-0.4, -0.2) is 47.4 Å². The summed E-state index contributed by atoms with van der Waals surface area (Å²) in [6, 6.07) is 2.36. The molecule has 1 amide bonds. The first-order valence-electron chi connectivity index (χ1n) is 8.82. The van der Waals surface area contributed by atoms with Gasteiger partial charge in [0.25, 0.3) is 0 Å². The van der Waals surface area contributed by atoms with Gasteiger partial charge in [0.05, 0.1) is 12.1 Å². The number of hydrogen-bond donors (Lipinski definition) is 0. The molecule has 0 spiro atoms. The van der Waals surface area contributed by atoms with Crippen LogP contribution in [-0.2, 0) is 4.79 Å². The van der Waals surface area contributed by atoms with Crippen molar-refractivity contribution >= 4 is 5.91 Å². The third kappa shape index (κ3) is 3.46. The minimum Gasteiger partial charge on any atom is -0.326 e. The topological polar surface area (TPSA) is 47.3 Å². The van der Waals surface area contributed by atoms with Gasteiger partial charge in [0.1, 0.15) is 5.54 Å². The maximum absolute atomic E-state index is 12.9. The highest BCUT2D eigenvalue weighted by atomic mass is 16.2. The Morgan fingerprint density at radius 3 is 2.45 bits per heavy atom. The Hall–Kier alpha value is -1.08. The summed E-state index contributed by atoms with van der Waals surface area (Å²) in [4.78, 5) is 17.0. The van der Waals surface area contributed by atoms with Crippen molar-refractivity contribution in [2.24, 2.45) is 11.8 Å². The molecule has 1 heterocycles. The number of carbonyl (C=O) groups excluding carboxylic acids is 1. The minimum absolute atomic E-state index is 0.114. The molecule has 1 aliphatic carbocycles. The molecule has 124 valence electrons. The van der Waals surface area contributed by atoms with Crippen LogP contribution in [0, 0.1) is 23.2 Å². The molecule has 22 heavy (non-hydrogen) atoms. The number of likely N-dealkylation sites (tertiary alicyclic amines) is 1. The number of likely N-dealkylation sites (N-methyl/N-ethyl adjacent to an activating group) is 1. The highest BCUT2D eigenvalue weighted by molar-refractivity contribution is 5.82. The summed E-state index contributed by atoms with van der Waals surface area (Å²) in [5, 5.41) is 9.72. The Balaban J connectivity index is 2.05. The van der Waals surface area contributed by atoms with Crippen LogP contribution < -0.4 is 0 Å². The molecule has 2 fully saturated rings. The van der Waals surface area contributed by atoms with E-state index in [-0.39, 0.29) is 11.9 Å². The molecule has 0 aromatic rings. The number of piperidine rings is 1. The lowest BCUT2D eigenvalue weighted by Gasteiger charge is -2.44. The van der Waals surface area contributed by atoms with Crippen LogP contribution in [0.3, 0.4) is 0 Å². The third-order valence-corrected chi connectivity index (χ3v) is 5.88. The summed E-state index contributed by atoms with van der Waals surface area (Å²) in [6.45, 7) is 8.50. The maximum Gasteiger partial charge on any atom is 0.240 e. The average molecular weight is 305 g/mol. The first-order chi connectivity index (χ1) is 10.4. The van der Waals surface area contributed by atoms with Crippen LogP contribution >= 0.6 is 0 Å². The fourth-order valence-electron chi connectivity index (χ4n) is 3.99. The van der Waals surface area contributed by atoms with Crippen LogP contribution in [0.2, 0.25) is 0 Å². The number of hydrogen-bond acceptors (Lipinski definition) is 3. The van der Waals surface area contributed by atoms with Gasteiger partial charge in [-0.15, -0.1) is 0 Å². The summed E-state index contributed by atoms with van der Waals surface area (Å²) >= 11 is 0. The zero-order valence-corrected chi connectivity index (χ0v) is 14.6. The van der Waals surface area contributed by atoms with E-state index < -0.39 is 5.54 Å². The predicted octanol–water partition coefficient (Wildman–Crippen LogP) is 3.04. The zero-order chi connectivity index (χ0) is 16.3. The van der Waals surface area contributed by atoms with Gasteiger partial charge in [0.15, 0.2) is 0 Å². The zero-order valence-electron chi connectivity index (χ0n) is 14.6. The number of nitriles is 1. The number of nitrogens with zero attached hydrogens (tertiary/aromatic N) is 3. The number of carbonyl (C=O) groups is 1. The molecule has 1 saturated heterocycles. The molecule has 2 rings (SSSR count). The lowest BCUT2D eigenvalue weighted by Crippen LogP contribution is -2.57. The summed E-state index contributed by atoms with van der Waals surface area (Å²) in [5.41, 5.74) is -0.584. The van der Waals surface area contributed by atoms with Crippen LogP contribution in [0.15, 0.2) is 0 Å². The lowest BCUT2D eigenvalue weighted by atomic mass is 9.77. The molecule has 0 bridgehead atoms. The first-order valence-corrected chi connectivity index (χ1v) is 8.82. The first kappa shape index (κ1) is 17.3.